The van der Waals surface area contributed by atoms with Crippen LogP contribution in [0.5, 0.6) is 0 Å². The zero-order valence-electron chi connectivity index (χ0n) is 27.6. The first kappa shape index (κ1) is 28.8. The number of nitrogens with zero attached hydrogens (tertiary/aromatic N) is 2. The van der Waals surface area contributed by atoms with E-state index in [0.29, 0.717) is 5.71 Å². The Bertz CT molecular complexity index is 2700. The first-order chi connectivity index (χ1) is 24.8. The number of furan rings is 1. The second-order valence-corrected chi connectivity index (χ2v) is 13.4. The maximum absolute atomic E-state index is 6.51. The van der Waals surface area contributed by atoms with Gasteiger partial charge in [-0.15, -0.1) is 0 Å². The summed E-state index contributed by atoms with van der Waals surface area (Å²) in [6.45, 7) is 0. The molecule has 0 saturated heterocycles. The van der Waals surface area contributed by atoms with Crippen molar-refractivity contribution in [1.82, 2.24) is 4.98 Å². The maximum atomic E-state index is 6.51. The van der Waals surface area contributed by atoms with Gasteiger partial charge in [-0.05, 0) is 106 Å². The van der Waals surface area contributed by atoms with Crippen molar-refractivity contribution in [2.45, 2.75) is 25.2 Å². The number of rotatable bonds is 5. The van der Waals surface area contributed by atoms with Crippen LogP contribution in [0.25, 0.3) is 60.8 Å². The Balaban J connectivity index is 1.16. The van der Waals surface area contributed by atoms with E-state index in [9.17, 15) is 0 Å². The Hall–Kier alpha value is -6.19. The van der Waals surface area contributed by atoms with Gasteiger partial charge >= 0.3 is 0 Å². The molecule has 2 aliphatic carbocycles. The van der Waals surface area contributed by atoms with Crippen molar-refractivity contribution in [2.75, 3.05) is 4.90 Å². The molecule has 6 aromatic carbocycles. The highest BCUT2D eigenvalue weighted by atomic mass is 16.3. The van der Waals surface area contributed by atoms with Gasteiger partial charge in [0.1, 0.15) is 5.58 Å². The van der Waals surface area contributed by atoms with E-state index in [4.69, 9.17) is 9.40 Å². The minimum atomic E-state index is 0.228. The molecule has 0 amide bonds. The van der Waals surface area contributed by atoms with Gasteiger partial charge in [-0.2, -0.15) is 0 Å². The third kappa shape index (κ3) is 4.85. The summed E-state index contributed by atoms with van der Waals surface area (Å²) in [5.41, 5.74) is 11.0. The van der Waals surface area contributed by atoms with E-state index in [1.165, 1.54) is 49.5 Å². The van der Waals surface area contributed by atoms with Gasteiger partial charge in [-0.3, -0.25) is 0 Å². The van der Waals surface area contributed by atoms with E-state index >= 15 is 0 Å². The second kappa shape index (κ2) is 11.7. The van der Waals surface area contributed by atoms with Crippen molar-refractivity contribution in [1.29, 1.82) is 0 Å². The van der Waals surface area contributed by atoms with E-state index in [1.807, 2.05) is 0 Å². The molecule has 0 bridgehead atoms. The Labute approximate surface area is 291 Å². The van der Waals surface area contributed by atoms with Gasteiger partial charge in [0.05, 0.1) is 22.2 Å². The standard InChI is InChI=1S/C47H34N2O/c1-2-13-33-27-35(26-25-31(33)11-1)34-16-7-18-38(28-34)49(39-19-8-17-36(29-39)41-21-9-15-32-12-3-5-20-40(32)41)44-23-10-24-45-46(44)42-30-37-14-4-6-22-43(37)48-47(42)50-45/h1-5,7-21,23-28,30,36H,6,22,29H2. The lowest BCUT2D eigenvalue weighted by Crippen LogP contribution is -2.20. The van der Waals surface area contributed by atoms with Crippen LogP contribution in [0.3, 0.4) is 0 Å². The normalized spacial score (nSPS) is 15.5. The summed E-state index contributed by atoms with van der Waals surface area (Å²) in [6.07, 6.45) is 14.1. The number of aromatic nitrogens is 1. The molecule has 0 saturated carbocycles. The van der Waals surface area contributed by atoms with E-state index < -0.39 is 0 Å². The van der Waals surface area contributed by atoms with Crippen LogP contribution < -0.4 is 4.90 Å². The van der Waals surface area contributed by atoms with Gasteiger partial charge in [0.15, 0.2) is 0 Å². The third-order valence-electron chi connectivity index (χ3n) is 10.4. The zero-order valence-corrected chi connectivity index (χ0v) is 27.6. The average Bonchev–Trinajstić information content (AvgIpc) is 3.55. The molecular formula is C47H34N2O. The molecule has 1 unspecified atom stereocenters. The van der Waals surface area contributed by atoms with Crippen LogP contribution in [0.15, 0.2) is 168 Å². The highest BCUT2D eigenvalue weighted by molar-refractivity contribution is 6.12. The molecule has 0 N–H and O–H groups in total. The number of hydrogen-bond donors (Lipinski definition) is 0. The lowest BCUT2D eigenvalue weighted by atomic mass is 9.87. The summed E-state index contributed by atoms with van der Waals surface area (Å²) in [5.74, 6) is 0.228. The summed E-state index contributed by atoms with van der Waals surface area (Å²) in [5, 5.41) is 7.21. The Morgan fingerprint density at radius 2 is 1.50 bits per heavy atom. The topological polar surface area (TPSA) is 29.3 Å². The van der Waals surface area contributed by atoms with Crippen LogP contribution in [0.4, 0.5) is 11.4 Å². The molecule has 2 aromatic heterocycles. The minimum Gasteiger partial charge on any atom is -0.438 e. The number of hydrogen-bond acceptors (Lipinski definition) is 3. The zero-order chi connectivity index (χ0) is 33.0. The van der Waals surface area contributed by atoms with E-state index in [2.05, 4.69) is 169 Å². The first-order valence-corrected chi connectivity index (χ1v) is 17.5. The number of anilines is 2. The van der Waals surface area contributed by atoms with Crippen molar-refractivity contribution in [3.05, 3.63) is 180 Å². The van der Waals surface area contributed by atoms with Crippen LogP contribution in [0, 0.1) is 0 Å². The highest BCUT2D eigenvalue weighted by Crippen LogP contribution is 2.45. The van der Waals surface area contributed by atoms with E-state index in [1.54, 1.807) is 0 Å². The van der Waals surface area contributed by atoms with E-state index in [0.717, 1.165) is 52.7 Å². The van der Waals surface area contributed by atoms with Crippen molar-refractivity contribution >= 4 is 61.1 Å². The largest absolute Gasteiger partial charge is 0.438 e. The van der Waals surface area contributed by atoms with Crippen molar-refractivity contribution in [3.63, 3.8) is 0 Å². The quantitative estimate of drug-likeness (QED) is 0.187. The summed E-state index contributed by atoms with van der Waals surface area (Å²) in [4.78, 5) is 7.49. The molecule has 2 heterocycles. The van der Waals surface area contributed by atoms with Gasteiger partial charge in [0.25, 0.3) is 0 Å². The molecule has 0 radical (unpaired) electrons. The molecule has 2 aliphatic rings. The predicted molar refractivity (Wildman–Crippen MR) is 209 cm³/mol. The molecule has 0 fully saturated rings. The number of pyridine rings is 1. The fourth-order valence-electron chi connectivity index (χ4n) is 8.01. The number of benzene rings is 6. The van der Waals surface area contributed by atoms with Gasteiger partial charge in [0.2, 0.25) is 5.71 Å². The minimum absolute atomic E-state index is 0.228. The Morgan fingerprint density at radius 1 is 0.680 bits per heavy atom. The van der Waals surface area contributed by atoms with Crippen LogP contribution >= 0.6 is 0 Å². The summed E-state index contributed by atoms with van der Waals surface area (Å²) < 4.78 is 6.51. The molecule has 50 heavy (non-hydrogen) atoms. The summed E-state index contributed by atoms with van der Waals surface area (Å²) in [6, 6.07) is 48.4. The van der Waals surface area contributed by atoms with Crippen molar-refractivity contribution in [2.24, 2.45) is 0 Å². The molecule has 0 aliphatic heterocycles. The molecule has 3 nitrogen and oxygen atoms in total. The van der Waals surface area contributed by atoms with Crippen LogP contribution in [0.1, 0.15) is 35.6 Å². The Morgan fingerprint density at radius 3 is 2.46 bits per heavy atom. The number of aryl methyl sites for hydroxylation is 1. The van der Waals surface area contributed by atoms with Gasteiger partial charge < -0.3 is 9.32 Å². The predicted octanol–water partition coefficient (Wildman–Crippen LogP) is 12.7. The highest BCUT2D eigenvalue weighted by Gasteiger charge is 2.26. The molecule has 0 spiro atoms. The van der Waals surface area contributed by atoms with E-state index in [-0.39, 0.29) is 5.92 Å². The molecule has 10 rings (SSSR count). The monoisotopic (exact) mass is 642 g/mol. The first-order valence-electron chi connectivity index (χ1n) is 17.5. The molecule has 8 aromatic rings. The van der Waals surface area contributed by atoms with Crippen molar-refractivity contribution < 1.29 is 4.42 Å². The average molecular weight is 643 g/mol. The maximum Gasteiger partial charge on any atom is 0.227 e. The molecular weight excluding hydrogens is 609 g/mol. The van der Waals surface area contributed by atoms with Gasteiger partial charge in [0, 0.05) is 17.3 Å². The fraction of sp³-hybridized carbons (Fsp3) is 0.0851. The van der Waals surface area contributed by atoms with Crippen LogP contribution in [-0.2, 0) is 6.42 Å². The fourth-order valence-corrected chi connectivity index (χ4v) is 8.01. The molecule has 238 valence electrons. The molecule has 3 heteroatoms. The number of allylic oxidation sites excluding steroid dienone is 5. The smallest absolute Gasteiger partial charge is 0.227 e. The summed E-state index contributed by atoms with van der Waals surface area (Å²) in [7, 11) is 0. The molecule has 1 atom stereocenters. The van der Waals surface area contributed by atoms with Gasteiger partial charge in [-0.1, -0.05) is 121 Å². The van der Waals surface area contributed by atoms with Crippen LogP contribution in [-0.4, -0.2) is 4.98 Å². The number of fused-ring (bicyclic) bond motifs is 6. The summed E-state index contributed by atoms with van der Waals surface area (Å²) >= 11 is 0. The lowest BCUT2D eigenvalue weighted by Gasteiger charge is -2.32. The van der Waals surface area contributed by atoms with Crippen LogP contribution in [0.2, 0.25) is 0 Å². The Kier molecular flexibility index (Phi) is 6.76. The van der Waals surface area contributed by atoms with Crippen molar-refractivity contribution in [3.8, 4) is 11.1 Å². The van der Waals surface area contributed by atoms with Gasteiger partial charge in [-0.25, -0.2) is 4.98 Å². The second-order valence-electron chi connectivity index (χ2n) is 13.4. The SMILES string of the molecule is C1=CC(c2cccc3ccccc23)CC(N(c2cccc(-c3ccc4ccccc4c3)c2)c2cccc3oc4nc5c(cc4c23)C=CCC5)=C1. The third-order valence-corrected chi connectivity index (χ3v) is 10.4. The lowest BCUT2D eigenvalue weighted by molar-refractivity contribution is 0.650.